The summed E-state index contributed by atoms with van der Waals surface area (Å²) in [6.45, 7) is 1.31. The standard InChI is InChI=1S/C11H8F6O2/c1-2-9(18)19-8-5-6(10(12,13)14)3-4-7(8)11(15,16)17/h3-5H,2H2,1H3. The molecule has 2 nitrogen and oxygen atoms in total. The molecule has 0 aliphatic carbocycles. The van der Waals surface area contributed by atoms with E-state index in [9.17, 15) is 31.1 Å². The first-order chi connectivity index (χ1) is 8.55. The van der Waals surface area contributed by atoms with Crippen LogP contribution in [0.25, 0.3) is 0 Å². The van der Waals surface area contributed by atoms with Crippen LogP contribution in [-0.2, 0) is 17.1 Å². The second-order valence-electron chi connectivity index (χ2n) is 3.53. The van der Waals surface area contributed by atoms with Crippen molar-refractivity contribution in [3.63, 3.8) is 0 Å². The molecule has 0 amide bonds. The fourth-order valence-electron chi connectivity index (χ4n) is 1.21. The summed E-state index contributed by atoms with van der Waals surface area (Å²) in [5, 5.41) is 0. The van der Waals surface area contributed by atoms with Gasteiger partial charge in [-0.15, -0.1) is 0 Å². The molecule has 0 N–H and O–H groups in total. The van der Waals surface area contributed by atoms with Gasteiger partial charge in [-0.2, -0.15) is 26.3 Å². The molecular formula is C11H8F6O2. The average molecular weight is 286 g/mol. The summed E-state index contributed by atoms with van der Waals surface area (Å²) in [5.74, 6) is -2.20. The molecule has 0 heterocycles. The minimum Gasteiger partial charge on any atom is -0.426 e. The third-order valence-corrected chi connectivity index (χ3v) is 2.13. The van der Waals surface area contributed by atoms with Gasteiger partial charge in [0, 0.05) is 6.42 Å². The number of alkyl halides is 6. The predicted molar refractivity (Wildman–Crippen MR) is 52.4 cm³/mol. The van der Waals surface area contributed by atoms with Crippen LogP contribution in [0.2, 0.25) is 0 Å². The Kier molecular flexibility index (Phi) is 4.12. The van der Waals surface area contributed by atoms with Crippen LogP contribution in [0.15, 0.2) is 18.2 Å². The number of rotatable bonds is 2. The second kappa shape index (κ2) is 5.10. The van der Waals surface area contributed by atoms with Crippen LogP contribution in [0.4, 0.5) is 26.3 Å². The van der Waals surface area contributed by atoms with Gasteiger partial charge < -0.3 is 4.74 Å². The smallest absolute Gasteiger partial charge is 0.419 e. The van der Waals surface area contributed by atoms with Gasteiger partial charge in [0.2, 0.25) is 0 Å². The van der Waals surface area contributed by atoms with E-state index in [1.165, 1.54) is 6.92 Å². The van der Waals surface area contributed by atoms with Crippen LogP contribution in [0.1, 0.15) is 24.5 Å². The Morgan fingerprint density at radius 2 is 1.68 bits per heavy atom. The van der Waals surface area contributed by atoms with Gasteiger partial charge in [0.05, 0.1) is 11.1 Å². The van der Waals surface area contributed by atoms with Crippen molar-refractivity contribution in [2.45, 2.75) is 25.7 Å². The molecule has 0 aliphatic rings. The Labute approximate surface area is 104 Å². The third kappa shape index (κ3) is 3.87. The van der Waals surface area contributed by atoms with Gasteiger partial charge in [-0.3, -0.25) is 4.79 Å². The molecule has 0 saturated carbocycles. The second-order valence-corrected chi connectivity index (χ2v) is 3.53. The minimum absolute atomic E-state index is 0.163. The van der Waals surface area contributed by atoms with Crippen molar-refractivity contribution in [2.75, 3.05) is 0 Å². The molecule has 0 aromatic heterocycles. The van der Waals surface area contributed by atoms with Crippen molar-refractivity contribution >= 4 is 5.97 Å². The molecule has 0 radical (unpaired) electrons. The van der Waals surface area contributed by atoms with Crippen molar-refractivity contribution < 1.29 is 35.9 Å². The summed E-state index contributed by atoms with van der Waals surface area (Å²) in [6, 6.07) is 0.684. The summed E-state index contributed by atoms with van der Waals surface area (Å²) in [6.07, 6.45) is -9.99. The molecule has 1 aromatic carbocycles. The fourth-order valence-corrected chi connectivity index (χ4v) is 1.21. The molecule has 0 spiro atoms. The summed E-state index contributed by atoms with van der Waals surface area (Å²) < 4.78 is 79.2. The molecule has 19 heavy (non-hydrogen) atoms. The summed E-state index contributed by atoms with van der Waals surface area (Å²) in [4.78, 5) is 11.0. The van der Waals surface area contributed by atoms with Crippen LogP contribution < -0.4 is 4.74 Å². The number of esters is 1. The van der Waals surface area contributed by atoms with E-state index in [-0.39, 0.29) is 24.6 Å². The van der Waals surface area contributed by atoms with Crippen molar-refractivity contribution in [1.29, 1.82) is 0 Å². The van der Waals surface area contributed by atoms with Gasteiger partial charge in [0.1, 0.15) is 5.75 Å². The third-order valence-electron chi connectivity index (χ3n) is 2.13. The van der Waals surface area contributed by atoms with Crippen LogP contribution in [0.5, 0.6) is 5.75 Å². The zero-order chi connectivity index (χ0) is 14.8. The van der Waals surface area contributed by atoms with E-state index >= 15 is 0 Å². The van der Waals surface area contributed by atoms with Gasteiger partial charge in [0.25, 0.3) is 0 Å². The topological polar surface area (TPSA) is 26.3 Å². The monoisotopic (exact) mass is 286 g/mol. The van der Waals surface area contributed by atoms with Gasteiger partial charge in [-0.1, -0.05) is 6.92 Å². The van der Waals surface area contributed by atoms with Crippen LogP contribution in [-0.4, -0.2) is 5.97 Å². The number of hydrogen-bond donors (Lipinski definition) is 0. The first-order valence-corrected chi connectivity index (χ1v) is 5.04. The summed E-state index contributed by atoms with van der Waals surface area (Å²) in [7, 11) is 0. The molecule has 8 heteroatoms. The van der Waals surface area contributed by atoms with Crippen LogP contribution in [0, 0.1) is 0 Å². The van der Waals surface area contributed by atoms with Crippen LogP contribution >= 0.6 is 0 Å². The molecule has 1 rings (SSSR count). The number of hydrogen-bond acceptors (Lipinski definition) is 2. The minimum atomic E-state index is -4.91. The normalized spacial score (nSPS) is 12.4. The highest BCUT2D eigenvalue weighted by atomic mass is 19.4. The highest BCUT2D eigenvalue weighted by Crippen LogP contribution is 2.40. The van der Waals surface area contributed by atoms with Crippen molar-refractivity contribution in [2.24, 2.45) is 0 Å². The maximum atomic E-state index is 12.6. The maximum Gasteiger partial charge on any atom is 0.419 e. The lowest BCUT2D eigenvalue weighted by Gasteiger charge is -2.15. The molecular weight excluding hydrogens is 278 g/mol. The molecule has 106 valence electrons. The van der Waals surface area contributed by atoms with E-state index in [0.29, 0.717) is 0 Å². The molecule has 0 bridgehead atoms. The fraction of sp³-hybridized carbons (Fsp3) is 0.364. The molecule has 0 aliphatic heterocycles. The van der Waals surface area contributed by atoms with E-state index in [4.69, 9.17) is 0 Å². The first-order valence-electron chi connectivity index (χ1n) is 5.04. The van der Waals surface area contributed by atoms with Crippen molar-refractivity contribution in [1.82, 2.24) is 0 Å². The highest BCUT2D eigenvalue weighted by Gasteiger charge is 2.38. The van der Waals surface area contributed by atoms with Gasteiger partial charge in [-0.25, -0.2) is 0 Å². The summed E-state index contributed by atoms with van der Waals surface area (Å²) in [5.41, 5.74) is -2.75. The molecule has 0 unspecified atom stereocenters. The molecule has 0 atom stereocenters. The van der Waals surface area contributed by atoms with Crippen LogP contribution in [0.3, 0.4) is 0 Å². The van der Waals surface area contributed by atoms with Gasteiger partial charge in [0.15, 0.2) is 0 Å². The number of carbonyl (C=O) groups is 1. The lowest BCUT2D eigenvalue weighted by molar-refractivity contribution is -0.145. The predicted octanol–water partition coefficient (Wildman–Crippen LogP) is 4.04. The Bertz CT molecular complexity index is 475. The first kappa shape index (κ1) is 15.3. The quantitative estimate of drug-likeness (QED) is 0.466. The van der Waals surface area contributed by atoms with E-state index in [1.807, 2.05) is 0 Å². The van der Waals surface area contributed by atoms with E-state index < -0.39 is 35.2 Å². The lowest BCUT2D eigenvalue weighted by Crippen LogP contribution is -2.14. The number of carbonyl (C=O) groups excluding carboxylic acids is 1. The van der Waals surface area contributed by atoms with Gasteiger partial charge in [-0.05, 0) is 18.2 Å². The Morgan fingerprint density at radius 3 is 2.11 bits per heavy atom. The zero-order valence-electron chi connectivity index (χ0n) is 9.52. The summed E-state index contributed by atoms with van der Waals surface area (Å²) >= 11 is 0. The van der Waals surface area contributed by atoms with E-state index in [2.05, 4.69) is 4.74 Å². The number of ether oxygens (including phenoxy) is 1. The number of halogens is 6. The van der Waals surface area contributed by atoms with E-state index in [1.54, 1.807) is 0 Å². The molecule has 1 aromatic rings. The van der Waals surface area contributed by atoms with Crippen molar-refractivity contribution in [3.8, 4) is 5.75 Å². The molecule has 0 saturated heterocycles. The number of benzene rings is 1. The Hall–Kier alpha value is -1.73. The average Bonchev–Trinajstić information content (AvgIpc) is 2.26. The highest BCUT2D eigenvalue weighted by molar-refractivity contribution is 5.72. The lowest BCUT2D eigenvalue weighted by atomic mass is 10.1. The SMILES string of the molecule is CCC(=O)Oc1cc(C(F)(F)F)ccc1C(F)(F)F. The van der Waals surface area contributed by atoms with Crippen molar-refractivity contribution in [3.05, 3.63) is 29.3 Å². The largest absolute Gasteiger partial charge is 0.426 e. The zero-order valence-corrected chi connectivity index (χ0v) is 9.52. The Morgan fingerprint density at radius 1 is 1.11 bits per heavy atom. The van der Waals surface area contributed by atoms with E-state index in [0.717, 1.165) is 0 Å². The Balaban J connectivity index is 3.31. The van der Waals surface area contributed by atoms with Gasteiger partial charge >= 0.3 is 18.3 Å². The molecule has 0 fully saturated rings. The maximum absolute atomic E-state index is 12.6.